The van der Waals surface area contributed by atoms with E-state index < -0.39 is 0 Å². The van der Waals surface area contributed by atoms with Gasteiger partial charge >= 0.3 is 0 Å². The molecule has 0 saturated heterocycles. The van der Waals surface area contributed by atoms with E-state index in [1.807, 2.05) is 19.1 Å². The fourth-order valence-electron chi connectivity index (χ4n) is 2.69. The predicted octanol–water partition coefficient (Wildman–Crippen LogP) is 4.28. The van der Waals surface area contributed by atoms with Crippen molar-refractivity contribution in [2.24, 2.45) is 5.10 Å². The molecule has 0 aliphatic rings. The highest BCUT2D eigenvalue weighted by molar-refractivity contribution is 9.10. The number of hydrogen-bond donors (Lipinski definition) is 0. The molecule has 0 aliphatic heterocycles. The molecular formula is C20H16Br2N4O3. The Morgan fingerprint density at radius 2 is 2.07 bits per heavy atom. The van der Waals surface area contributed by atoms with Gasteiger partial charge in [0.05, 0.1) is 24.2 Å². The molecule has 0 unspecified atom stereocenters. The Labute approximate surface area is 183 Å². The number of aryl methyl sites for hydroxylation is 1. The molecule has 0 atom stereocenters. The lowest BCUT2D eigenvalue weighted by atomic mass is 10.2. The molecule has 2 aromatic carbocycles. The average molecular weight is 520 g/mol. The maximum Gasteiger partial charge on any atom is 0.282 e. The zero-order valence-corrected chi connectivity index (χ0v) is 18.8. The summed E-state index contributed by atoms with van der Waals surface area (Å²) in [6.45, 7) is 1.82. The number of nitrogens with zero attached hydrogens (tertiary/aromatic N) is 4. The first-order valence-corrected chi connectivity index (χ1v) is 10.2. The lowest BCUT2D eigenvalue weighted by Gasteiger charge is -2.11. The van der Waals surface area contributed by atoms with E-state index >= 15 is 0 Å². The zero-order chi connectivity index (χ0) is 21.0. The van der Waals surface area contributed by atoms with Crippen LogP contribution in [0, 0.1) is 11.3 Å². The van der Waals surface area contributed by atoms with E-state index in [0.717, 1.165) is 4.47 Å². The minimum absolute atomic E-state index is 0.0934. The third-order valence-electron chi connectivity index (χ3n) is 4.08. The van der Waals surface area contributed by atoms with Gasteiger partial charge in [0.2, 0.25) is 0 Å². The monoisotopic (exact) mass is 518 g/mol. The first-order valence-electron chi connectivity index (χ1n) is 8.61. The van der Waals surface area contributed by atoms with E-state index in [1.165, 1.54) is 11.8 Å². The van der Waals surface area contributed by atoms with Gasteiger partial charge in [-0.15, -0.1) is 0 Å². The Morgan fingerprint density at radius 1 is 1.28 bits per heavy atom. The van der Waals surface area contributed by atoms with Crippen molar-refractivity contribution in [2.75, 3.05) is 13.7 Å². The Balaban J connectivity index is 2.08. The molecular weight excluding hydrogens is 504 g/mol. The standard InChI is InChI=1S/C20H16Br2N4O3/c1-3-19-25-16-5-4-13(21)9-14(16)20(27)26(19)24-11-12-8-17(28-2)18(10-15(12)22)29-7-6-23/h4-5,8-11H,3,7H2,1-2H3. The van der Waals surface area contributed by atoms with Gasteiger partial charge in [-0.25, -0.2) is 4.98 Å². The summed E-state index contributed by atoms with van der Waals surface area (Å²) in [7, 11) is 1.51. The van der Waals surface area contributed by atoms with Crippen LogP contribution in [0.15, 0.2) is 49.2 Å². The minimum atomic E-state index is -0.249. The van der Waals surface area contributed by atoms with Crippen molar-refractivity contribution in [1.29, 1.82) is 5.26 Å². The van der Waals surface area contributed by atoms with Gasteiger partial charge in [-0.1, -0.05) is 22.9 Å². The summed E-state index contributed by atoms with van der Waals surface area (Å²) in [4.78, 5) is 17.5. The second kappa shape index (κ2) is 9.20. The summed E-state index contributed by atoms with van der Waals surface area (Å²) >= 11 is 6.85. The number of fused-ring (bicyclic) bond motifs is 1. The molecule has 0 saturated carbocycles. The SMILES string of the molecule is CCc1nc2ccc(Br)cc2c(=O)n1N=Cc1cc(OC)c(OCC#N)cc1Br. The molecule has 0 N–H and O–H groups in total. The summed E-state index contributed by atoms with van der Waals surface area (Å²) in [5.74, 6) is 1.44. The Kier molecular flexibility index (Phi) is 6.67. The van der Waals surface area contributed by atoms with Gasteiger partial charge in [0.15, 0.2) is 18.1 Å². The predicted molar refractivity (Wildman–Crippen MR) is 118 cm³/mol. The highest BCUT2D eigenvalue weighted by Gasteiger charge is 2.12. The topological polar surface area (TPSA) is 89.5 Å². The van der Waals surface area contributed by atoms with Gasteiger partial charge < -0.3 is 9.47 Å². The molecule has 0 bridgehead atoms. The molecule has 0 aliphatic carbocycles. The number of hydrogen-bond acceptors (Lipinski definition) is 6. The molecule has 1 aromatic heterocycles. The van der Waals surface area contributed by atoms with Gasteiger partial charge in [-0.2, -0.15) is 15.0 Å². The molecule has 0 radical (unpaired) electrons. The lowest BCUT2D eigenvalue weighted by Crippen LogP contribution is -2.22. The lowest BCUT2D eigenvalue weighted by molar-refractivity contribution is 0.329. The van der Waals surface area contributed by atoms with E-state index in [-0.39, 0.29) is 12.2 Å². The van der Waals surface area contributed by atoms with Crippen molar-refractivity contribution in [2.45, 2.75) is 13.3 Å². The highest BCUT2D eigenvalue weighted by atomic mass is 79.9. The molecule has 148 valence electrons. The van der Waals surface area contributed by atoms with Gasteiger partial charge in [0.1, 0.15) is 11.9 Å². The van der Waals surface area contributed by atoms with E-state index in [9.17, 15) is 4.79 Å². The fraction of sp³-hybridized carbons (Fsp3) is 0.200. The molecule has 1 heterocycles. The van der Waals surface area contributed by atoms with Crippen LogP contribution in [-0.2, 0) is 6.42 Å². The van der Waals surface area contributed by atoms with Crippen molar-refractivity contribution in [1.82, 2.24) is 9.66 Å². The molecule has 0 spiro atoms. The van der Waals surface area contributed by atoms with Crippen LogP contribution in [0.5, 0.6) is 11.5 Å². The number of benzene rings is 2. The molecule has 3 rings (SSSR count). The number of nitriles is 1. The van der Waals surface area contributed by atoms with Crippen LogP contribution in [0.3, 0.4) is 0 Å². The quantitative estimate of drug-likeness (QED) is 0.453. The number of aromatic nitrogens is 2. The van der Waals surface area contributed by atoms with E-state index in [4.69, 9.17) is 14.7 Å². The Morgan fingerprint density at radius 3 is 2.76 bits per heavy atom. The maximum absolute atomic E-state index is 13.0. The first-order chi connectivity index (χ1) is 14.0. The number of halogens is 2. The molecule has 29 heavy (non-hydrogen) atoms. The van der Waals surface area contributed by atoms with Crippen molar-refractivity contribution in [3.05, 3.63) is 61.0 Å². The van der Waals surface area contributed by atoms with E-state index in [0.29, 0.717) is 44.7 Å². The number of rotatable bonds is 6. The van der Waals surface area contributed by atoms with Crippen LogP contribution in [0.25, 0.3) is 10.9 Å². The Bertz CT molecular complexity index is 1200. The third kappa shape index (κ3) is 4.49. The minimum Gasteiger partial charge on any atom is -0.493 e. The second-order valence-corrected chi connectivity index (χ2v) is 7.65. The molecule has 0 amide bonds. The second-order valence-electron chi connectivity index (χ2n) is 5.88. The normalized spacial score (nSPS) is 11.0. The summed E-state index contributed by atoms with van der Waals surface area (Å²) in [5, 5.41) is 13.6. The number of methoxy groups -OCH3 is 1. The van der Waals surface area contributed by atoms with Crippen LogP contribution in [0.2, 0.25) is 0 Å². The van der Waals surface area contributed by atoms with Gasteiger partial charge in [0, 0.05) is 20.9 Å². The summed E-state index contributed by atoms with van der Waals surface area (Å²) in [5.41, 5.74) is 1.05. The fourth-order valence-corrected chi connectivity index (χ4v) is 3.48. The smallest absolute Gasteiger partial charge is 0.282 e. The van der Waals surface area contributed by atoms with Gasteiger partial charge in [0.25, 0.3) is 5.56 Å². The highest BCUT2D eigenvalue weighted by Crippen LogP contribution is 2.33. The summed E-state index contributed by atoms with van der Waals surface area (Å²) in [6.07, 6.45) is 2.09. The molecule has 7 nitrogen and oxygen atoms in total. The van der Waals surface area contributed by atoms with Crippen LogP contribution in [0.1, 0.15) is 18.3 Å². The van der Waals surface area contributed by atoms with Crippen LogP contribution in [-0.4, -0.2) is 29.6 Å². The van der Waals surface area contributed by atoms with Crippen molar-refractivity contribution < 1.29 is 9.47 Å². The average Bonchev–Trinajstić information content (AvgIpc) is 2.72. The largest absolute Gasteiger partial charge is 0.493 e. The van der Waals surface area contributed by atoms with Gasteiger partial charge in [-0.05, 0) is 46.3 Å². The van der Waals surface area contributed by atoms with Crippen molar-refractivity contribution >= 4 is 49.0 Å². The van der Waals surface area contributed by atoms with Gasteiger partial charge in [-0.3, -0.25) is 4.79 Å². The molecule has 9 heteroatoms. The van der Waals surface area contributed by atoms with Crippen LogP contribution >= 0.6 is 31.9 Å². The Hall–Kier alpha value is -2.70. The summed E-state index contributed by atoms with van der Waals surface area (Å²) in [6, 6.07) is 10.7. The zero-order valence-electron chi connectivity index (χ0n) is 15.6. The first kappa shape index (κ1) is 21.0. The maximum atomic E-state index is 13.0. The van der Waals surface area contributed by atoms with Crippen molar-refractivity contribution in [3.63, 3.8) is 0 Å². The van der Waals surface area contributed by atoms with Crippen LogP contribution in [0.4, 0.5) is 0 Å². The molecule has 0 fully saturated rings. The van der Waals surface area contributed by atoms with Crippen LogP contribution < -0.4 is 15.0 Å². The number of ether oxygens (including phenoxy) is 2. The molecule has 3 aromatic rings. The van der Waals surface area contributed by atoms with E-state index in [1.54, 1.807) is 30.5 Å². The van der Waals surface area contributed by atoms with Crippen molar-refractivity contribution in [3.8, 4) is 17.6 Å². The van der Waals surface area contributed by atoms with E-state index in [2.05, 4.69) is 41.9 Å². The third-order valence-corrected chi connectivity index (χ3v) is 5.26. The summed E-state index contributed by atoms with van der Waals surface area (Å²) < 4.78 is 13.5.